The van der Waals surface area contributed by atoms with Gasteiger partial charge in [0.1, 0.15) is 0 Å². The molecule has 2 heterocycles. The van der Waals surface area contributed by atoms with Gasteiger partial charge in [0.15, 0.2) is 0 Å². The zero-order chi connectivity index (χ0) is 20.1. The Balaban J connectivity index is 1.61. The highest BCUT2D eigenvalue weighted by Gasteiger charge is 2.45. The van der Waals surface area contributed by atoms with Gasteiger partial charge in [0.05, 0.1) is 19.1 Å². The lowest BCUT2D eigenvalue weighted by Gasteiger charge is -2.49. The molecule has 2 aliphatic heterocycles. The molecule has 0 N–H and O–H groups in total. The first-order valence-corrected chi connectivity index (χ1v) is 10.2. The molecule has 2 fully saturated rings. The topological polar surface area (TPSA) is 53.1 Å². The van der Waals surface area contributed by atoms with Crippen LogP contribution in [0.15, 0.2) is 30.3 Å². The summed E-state index contributed by atoms with van der Waals surface area (Å²) >= 11 is 0. The predicted octanol–water partition coefficient (Wildman–Crippen LogP) is 1.82. The Morgan fingerprint density at radius 1 is 1.25 bits per heavy atom. The van der Waals surface area contributed by atoms with Gasteiger partial charge in [-0.15, -0.1) is 0 Å². The second kappa shape index (κ2) is 9.05. The van der Waals surface area contributed by atoms with Crippen molar-refractivity contribution in [2.45, 2.75) is 25.2 Å². The van der Waals surface area contributed by atoms with E-state index in [0.29, 0.717) is 13.2 Å². The molecule has 1 spiro atoms. The third-order valence-electron chi connectivity index (χ3n) is 6.35. The van der Waals surface area contributed by atoms with E-state index in [9.17, 15) is 9.59 Å². The van der Waals surface area contributed by atoms with Crippen molar-refractivity contribution in [1.82, 2.24) is 14.7 Å². The predicted molar refractivity (Wildman–Crippen MR) is 109 cm³/mol. The molecule has 28 heavy (non-hydrogen) atoms. The molecule has 154 valence electrons. The van der Waals surface area contributed by atoms with Crippen molar-refractivity contribution in [2.24, 2.45) is 5.41 Å². The molecule has 0 saturated carbocycles. The number of hydrogen-bond donors (Lipinski definition) is 0. The van der Waals surface area contributed by atoms with Crippen molar-refractivity contribution in [3.05, 3.63) is 35.9 Å². The van der Waals surface area contributed by atoms with E-state index in [1.807, 2.05) is 47.0 Å². The molecule has 1 atom stereocenters. The molecule has 6 heteroatoms. The minimum absolute atomic E-state index is 0.0672. The Morgan fingerprint density at radius 3 is 2.57 bits per heavy atom. The molecule has 1 aromatic rings. The summed E-state index contributed by atoms with van der Waals surface area (Å²) in [6, 6.07) is 10.1. The molecule has 3 rings (SSSR count). The van der Waals surface area contributed by atoms with Gasteiger partial charge in [-0.3, -0.25) is 14.5 Å². The van der Waals surface area contributed by atoms with Crippen LogP contribution in [0, 0.1) is 5.41 Å². The van der Waals surface area contributed by atoms with Crippen LogP contribution in [0.5, 0.6) is 0 Å². The lowest BCUT2D eigenvalue weighted by atomic mass is 9.67. The van der Waals surface area contributed by atoms with Crippen LogP contribution in [-0.2, 0) is 14.3 Å². The van der Waals surface area contributed by atoms with Crippen LogP contribution < -0.4 is 0 Å². The largest absolute Gasteiger partial charge is 0.383 e. The van der Waals surface area contributed by atoms with Crippen LogP contribution in [-0.4, -0.2) is 87.0 Å². The van der Waals surface area contributed by atoms with Gasteiger partial charge >= 0.3 is 0 Å². The summed E-state index contributed by atoms with van der Waals surface area (Å²) in [5.41, 5.74) is 1.22. The van der Waals surface area contributed by atoms with Crippen molar-refractivity contribution in [3.63, 3.8) is 0 Å². The first kappa shape index (κ1) is 20.8. The quantitative estimate of drug-likeness (QED) is 0.747. The van der Waals surface area contributed by atoms with Crippen LogP contribution in [0.3, 0.4) is 0 Å². The molecule has 0 unspecified atom stereocenters. The van der Waals surface area contributed by atoms with Crippen LogP contribution in [0.2, 0.25) is 0 Å². The van der Waals surface area contributed by atoms with Gasteiger partial charge in [-0.1, -0.05) is 30.3 Å². The Kier molecular flexibility index (Phi) is 6.73. The zero-order valence-electron chi connectivity index (χ0n) is 17.4. The highest BCUT2D eigenvalue weighted by Crippen LogP contribution is 2.45. The molecule has 1 aromatic carbocycles. The second-order valence-electron chi connectivity index (χ2n) is 8.47. The Hall–Kier alpha value is -1.92. The number of hydrogen-bond acceptors (Lipinski definition) is 4. The molecular formula is C22H33N3O3. The minimum atomic E-state index is -0.0672. The van der Waals surface area contributed by atoms with E-state index in [1.165, 1.54) is 0 Å². The van der Waals surface area contributed by atoms with Crippen LogP contribution in [0.4, 0.5) is 0 Å². The number of likely N-dealkylation sites (tertiary alicyclic amines) is 2. The maximum Gasteiger partial charge on any atom is 0.236 e. The average molecular weight is 388 g/mol. The summed E-state index contributed by atoms with van der Waals surface area (Å²) in [5, 5.41) is 0. The lowest BCUT2D eigenvalue weighted by Crippen LogP contribution is -2.54. The third kappa shape index (κ3) is 4.73. The number of likely N-dealkylation sites (N-methyl/N-ethyl adjacent to an activating group) is 2. The third-order valence-corrected chi connectivity index (χ3v) is 6.35. The van der Waals surface area contributed by atoms with E-state index in [-0.39, 0.29) is 23.1 Å². The number of benzene rings is 1. The van der Waals surface area contributed by atoms with Crippen molar-refractivity contribution in [1.29, 1.82) is 0 Å². The molecule has 0 bridgehead atoms. The molecule has 0 aromatic heterocycles. The maximum atomic E-state index is 12.8. The molecule has 2 aliphatic rings. The summed E-state index contributed by atoms with van der Waals surface area (Å²) in [6.07, 6.45) is 2.80. The average Bonchev–Trinajstić information content (AvgIpc) is 2.70. The van der Waals surface area contributed by atoms with E-state index < -0.39 is 0 Å². The van der Waals surface area contributed by atoms with Gasteiger partial charge in [0.2, 0.25) is 11.8 Å². The number of ether oxygens (including phenoxy) is 1. The molecule has 6 nitrogen and oxygen atoms in total. The second-order valence-corrected chi connectivity index (χ2v) is 8.47. The van der Waals surface area contributed by atoms with Gasteiger partial charge in [0.25, 0.3) is 0 Å². The van der Waals surface area contributed by atoms with Gasteiger partial charge < -0.3 is 14.5 Å². The SMILES string of the molecule is COCCN(C)CC(=O)N1CCC2(CC1)C[C@@H](c1ccccc1)C(=O)N(C)C2. The normalized spacial score (nSPS) is 22.1. The zero-order valence-corrected chi connectivity index (χ0v) is 17.4. The first-order chi connectivity index (χ1) is 13.4. The smallest absolute Gasteiger partial charge is 0.236 e. The van der Waals surface area contributed by atoms with Gasteiger partial charge in [-0.05, 0) is 37.3 Å². The number of nitrogens with zero attached hydrogens (tertiary/aromatic N) is 3. The van der Waals surface area contributed by atoms with Crippen LogP contribution >= 0.6 is 0 Å². The van der Waals surface area contributed by atoms with E-state index in [1.54, 1.807) is 7.11 Å². The fourth-order valence-corrected chi connectivity index (χ4v) is 4.63. The molecule has 0 radical (unpaired) electrons. The summed E-state index contributed by atoms with van der Waals surface area (Å²) < 4.78 is 5.08. The number of amides is 2. The maximum absolute atomic E-state index is 12.8. The molecule has 2 saturated heterocycles. The molecular weight excluding hydrogens is 354 g/mol. The van der Waals surface area contributed by atoms with Crippen molar-refractivity contribution < 1.29 is 14.3 Å². The number of piperidine rings is 2. The molecule has 0 aliphatic carbocycles. The Bertz CT molecular complexity index is 671. The molecule has 2 amide bonds. The summed E-state index contributed by atoms with van der Waals surface area (Å²) in [5.74, 6) is 0.339. The van der Waals surface area contributed by atoms with Gasteiger partial charge in [0, 0.05) is 40.3 Å². The van der Waals surface area contributed by atoms with Crippen molar-refractivity contribution >= 4 is 11.8 Å². The van der Waals surface area contributed by atoms with Crippen molar-refractivity contribution in [3.8, 4) is 0 Å². The number of methoxy groups -OCH3 is 1. The lowest BCUT2D eigenvalue weighted by molar-refractivity contribution is -0.143. The van der Waals surface area contributed by atoms with Crippen LogP contribution in [0.25, 0.3) is 0 Å². The number of carbonyl (C=O) groups is 2. The fourth-order valence-electron chi connectivity index (χ4n) is 4.63. The highest BCUT2D eigenvalue weighted by molar-refractivity contribution is 5.84. The van der Waals surface area contributed by atoms with E-state index in [0.717, 1.165) is 51.0 Å². The standard InChI is InChI=1S/C22H33N3O3/c1-23(13-14-28-3)16-20(26)25-11-9-22(10-12-25)15-19(21(27)24(2)17-22)18-7-5-4-6-8-18/h4-8,19H,9-17H2,1-3H3/t19-/m0/s1. The fraction of sp³-hybridized carbons (Fsp3) is 0.636. The van der Waals surface area contributed by atoms with E-state index in [2.05, 4.69) is 12.1 Å². The highest BCUT2D eigenvalue weighted by atomic mass is 16.5. The minimum Gasteiger partial charge on any atom is -0.383 e. The number of carbonyl (C=O) groups excluding carboxylic acids is 2. The first-order valence-electron chi connectivity index (χ1n) is 10.2. The van der Waals surface area contributed by atoms with Crippen molar-refractivity contribution in [2.75, 3.05) is 60.5 Å². The summed E-state index contributed by atoms with van der Waals surface area (Å²) in [6.45, 7) is 4.17. The van der Waals surface area contributed by atoms with Crippen LogP contribution in [0.1, 0.15) is 30.7 Å². The number of rotatable bonds is 6. The monoisotopic (exact) mass is 387 g/mol. The summed E-state index contributed by atoms with van der Waals surface area (Å²) in [4.78, 5) is 31.3. The van der Waals surface area contributed by atoms with E-state index >= 15 is 0 Å². The summed E-state index contributed by atoms with van der Waals surface area (Å²) in [7, 11) is 5.55. The Morgan fingerprint density at radius 2 is 1.93 bits per heavy atom. The van der Waals surface area contributed by atoms with E-state index in [4.69, 9.17) is 4.74 Å². The van der Waals surface area contributed by atoms with Gasteiger partial charge in [-0.2, -0.15) is 0 Å². The van der Waals surface area contributed by atoms with Gasteiger partial charge in [-0.25, -0.2) is 0 Å². The Labute approximate surface area is 168 Å².